The second-order valence-corrected chi connectivity index (χ2v) is 7.79. The van der Waals surface area contributed by atoms with Crippen LogP contribution in [0.4, 0.5) is 16.2 Å². The van der Waals surface area contributed by atoms with E-state index in [2.05, 4.69) is 45.0 Å². The Hall–Kier alpha value is -2.90. The van der Waals surface area contributed by atoms with Gasteiger partial charge in [-0.25, -0.2) is 9.80 Å². The van der Waals surface area contributed by atoms with Gasteiger partial charge in [-0.2, -0.15) is 0 Å². The van der Waals surface area contributed by atoms with Crippen LogP contribution in [-0.2, 0) is 4.74 Å². The number of ether oxygens (including phenoxy) is 1. The van der Waals surface area contributed by atoms with Gasteiger partial charge in [0, 0.05) is 44.9 Å². The number of nitrogens with two attached hydrogens (primary N) is 1. The Morgan fingerprint density at radius 3 is 2.50 bits per heavy atom. The number of aliphatic imine (C=N–C) groups is 1. The number of para-hydroxylation sites is 2. The molecule has 0 spiro atoms. The summed E-state index contributed by atoms with van der Waals surface area (Å²) in [6, 6.07) is 18.4. The number of hydrazine groups is 1. The molecule has 1 saturated heterocycles. The van der Waals surface area contributed by atoms with Gasteiger partial charge in [-0.05, 0) is 24.6 Å². The first-order valence-electron chi connectivity index (χ1n) is 10.5. The molecule has 1 amide bonds. The molecule has 2 atom stereocenters. The Morgan fingerprint density at radius 2 is 1.77 bits per heavy atom. The molecule has 2 aromatic carbocycles. The maximum Gasteiger partial charge on any atom is 0.405 e. The fourth-order valence-electron chi connectivity index (χ4n) is 4.29. The molecule has 2 aliphatic rings. The lowest BCUT2D eigenvalue weighted by Crippen LogP contribution is -2.56. The van der Waals surface area contributed by atoms with Gasteiger partial charge in [-0.15, -0.1) is 0 Å². The van der Waals surface area contributed by atoms with E-state index in [1.165, 1.54) is 5.69 Å². The summed E-state index contributed by atoms with van der Waals surface area (Å²) < 4.78 is 5.43. The maximum absolute atomic E-state index is 11.4. The van der Waals surface area contributed by atoms with Crippen LogP contribution in [0.15, 0.2) is 59.6 Å². The summed E-state index contributed by atoms with van der Waals surface area (Å²) in [6.45, 7) is 6.79. The highest BCUT2D eigenvalue weighted by Gasteiger charge is 2.28. The lowest BCUT2D eigenvalue weighted by Gasteiger charge is -2.44. The van der Waals surface area contributed by atoms with Gasteiger partial charge in [0.25, 0.3) is 0 Å². The van der Waals surface area contributed by atoms with E-state index in [0.29, 0.717) is 6.42 Å². The van der Waals surface area contributed by atoms with Crippen LogP contribution in [0.3, 0.4) is 0 Å². The molecule has 7 heteroatoms. The minimum absolute atomic E-state index is 0.270. The first-order chi connectivity index (χ1) is 14.6. The molecule has 2 heterocycles. The number of amides is 1. The van der Waals surface area contributed by atoms with Crippen molar-refractivity contribution in [2.75, 3.05) is 37.7 Å². The van der Waals surface area contributed by atoms with E-state index < -0.39 is 6.09 Å². The van der Waals surface area contributed by atoms with Crippen molar-refractivity contribution in [2.24, 2.45) is 10.7 Å². The highest BCUT2D eigenvalue weighted by atomic mass is 16.6. The topological polar surface area (TPSA) is 74.4 Å². The molecule has 7 nitrogen and oxygen atoms in total. The van der Waals surface area contributed by atoms with Crippen LogP contribution in [0.2, 0.25) is 0 Å². The fourth-order valence-corrected chi connectivity index (χ4v) is 4.29. The minimum atomic E-state index is -0.730. The molecule has 0 aliphatic carbocycles. The highest BCUT2D eigenvalue weighted by molar-refractivity contribution is 5.81. The van der Waals surface area contributed by atoms with E-state index in [9.17, 15) is 4.79 Å². The van der Waals surface area contributed by atoms with E-state index in [-0.39, 0.29) is 12.1 Å². The van der Waals surface area contributed by atoms with Gasteiger partial charge >= 0.3 is 6.09 Å². The summed E-state index contributed by atoms with van der Waals surface area (Å²) in [5.74, 6) is 0. The Bertz CT molecular complexity index is 880. The predicted molar refractivity (Wildman–Crippen MR) is 119 cm³/mol. The molecule has 30 heavy (non-hydrogen) atoms. The third-order valence-corrected chi connectivity index (χ3v) is 5.89. The number of piperazine rings is 1. The third-order valence-electron chi connectivity index (χ3n) is 5.89. The smallest absolute Gasteiger partial charge is 0.405 e. The van der Waals surface area contributed by atoms with Gasteiger partial charge < -0.3 is 10.5 Å². The number of carbonyl (C=O) groups excluding carboxylic acids is 1. The van der Waals surface area contributed by atoms with Crippen molar-refractivity contribution in [2.45, 2.75) is 25.5 Å². The Balaban J connectivity index is 1.36. The van der Waals surface area contributed by atoms with Gasteiger partial charge in [-0.1, -0.05) is 42.5 Å². The number of nitrogens with zero attached hydrogens (tertiary/aromatic N) is 4. The Morgan fingerprint density at radius 1 is 1.07 bits per heavy atom. The number of rotatable bonds is 6. The molecule has 2 aliphatic heterocycles. The van der Waals surface area contributed by atoms with E-state index in [1.807, 2.05) is 42.6 Å². The molecule has 158 valence electrons. The zero-order chi connectivity index (χ0) is 20.9. The average Bonchev–Trinajstić information content (AvgIpc) is 2.78. The summed E-state index contributed by atoms with van der Waals surface area (Å²) in [7, 11) is 0. The molecule has 0 bridgehead atoms. The zero-order valence-electron chi connectivity index (χ0n) is 17.4. The number of carbonyl (C=O) groups is 1. The van der Waals surface area contributed by atoms with Crippen molar-refractivity contribution in [3.8, 4) is 0 Å². The van der Waals surface area contributed by atoms with E-state index >= 15 is 0 Å². The molecule has 0 saturated carbocycles. The number of hydrogen-bond donors (Lipinski definition) is 1. The van der Waals surface area contributed by atoms with Crippen molar-refractivity contribution in [3.63, 3.8) is 0 Å². The lowest BCUT2D eigenvalue weighted by atomic mass is 10.0. The van der Waals surface area contributed by atoms with Crippen molar-refractivity contribution in [1.82, 2.24) is 9.91 Å². The quantitative estimate of drug-likeness (QED) is 0.795. The molecule has 2 N–H and O–H groups in total. The number of anilines is 1. The summed E-state index contributed by atoms with van der Waals surface area (Å²) in [4.78, 5) is 18.4. The molecule has 4 rings (SSSR count). The fraction of sp³-hybridized carbons (Fsp3) is 0.391. The van der Waals surface area contributed by atoms with E-state index in [4.69, 9.17) is 10.5 Å². The number of fused-ring (bicyclic) bond motifs is 1. The minimum Gasteiger partial charge on any atom is -0.441 e. The zero-order valence-corrected chi connectivity index (χ0v) is 17.4. The lowest BCUT2D eigenvalue weighted by molar-refractivity contribution is 0.0524. The van der Waals surface area contributed by atoms with Gasteiger partial charge in [0.15, 0.2) is 0 Å². The number of primary amides is 1. The Labute approximate surface area is 177 Å². The van der Waals surface area contributed by atoms with E-state index in [1.54, 1.807) is 0 Å². The second-order valence-electron chi connectivity index (χ2n) is 7.79. The highest BCUT2D eigenvalue weighted by Crippen LogP contribution is 2.32. The number of benzene rings is 2. The van der Waals surface area contributed by atoms with Crippen molar-refractivity contribution >= 4 is 23.7 Å². The van der Waals surface area contributed by atoms with Crippen LogP contribution in [0, 0.1) is 0 Å². The molecule has 0 radical (unpaired) electrons. The van der Waals surface area contributed by atoms with Crippen molar-refractivity contribution in [1.29, 1.82) is 0 Å². The van der Waals surface area contributed by atoms with Crippen molar-refractivity contribution in [3.05, 3.63) is 60.2 Å². The first kappa shape index (κ1) is 20.4. The maximum atomic E-state index is 11.4. The van der Waals surface area contributed by atoms with Crippen LogP contribution in [0.1, 0.15) is 25.0 Å². The van der Waals surface area contributed by atoms with Crippen molar-refractivity contribution < 1.29 is 9.53 Å². The molecular formula is C23H29N5O2. The average molecular weight is 408 g/mol. The Kier molecular flexibility index (Phi) is 6.30. The van der Waals surface area contributed by atoms with Gasteiger partial charge in [0.05, 0.1) is 17.9 Å². The molecule has 2 unspecified atom stereocenters. The third kappa shape index (κ3) is 4.63. The molecule has 0 aromatic heterocycles. The van der Waals surface area contributed by atoms with Crippen LogP contribution >= 0.6 is 0 Å². The monoisotopic (exact) mass is 407 g/mol. The largest absolute Gasteiger partial charge is 0.441 e. The van der Waals surface area contributed by atoms with Crippen LogP contribution < -0.4 is 10.7 Å². The van der Waals surface area contributed by atoms with Crippen LogP contribution in [-0.4, -0.2) is 61.0 Å². The summed E-state index contributed by atoms with van der Waals surface area (Å²) in [5, 5.41) is 4.73. The predicted octanol–water partition coefficient (Wildman–Crippen LogP) is 3.36. The summed E-state index contributed by atoms with van der Waals surface area (Å²) in [6.07, 6.45) is 1.63. The summed E-state index contributed by atoms with van der Waals surface area (Å²) in [5.41, 5.74) is 8.49. The number of hydrogen-bond acceptors (Lipinski definition) is 6. The van der Waals surface area contributed by atoms with E-state index in [0.717, 1.165) is 44.0 Å². The molecular weight excluding hydrogens is 378 g/mol. The normalized spacial score (nSPS) is 19.2. The first-order valence-corrected chi connectivity index (χ1v) is 10.5. The second kappa shape index (κ2) is 9.28. The molecule has 1 fully saturated rings. The standard InChI is InChI=1S/C23H29N5O2/c1-18(17-22(30-23(24)29)19-7-3-2-4-8-19)26-13-15-27(16-14-26)28-12-11-25-20-9-5-6-10-21(20)28/h2-11,18,22H,12-17H2,1H3,(H2,24,29). The molecule has 2 aromatic rings. The summed E-state index contributed by atoms with van der Waals surface area (Å²) >= 11 is 0. The SMILES string of the molecule is CC(CC(OC(N)=O)c1ccccc1)N1CCN(N2CC=Nc3ccccc32)CC1. The van der Waals surface area contributed by atoms with Gasteiger partial charge in [0.2, 0.25) is 0 Å². The van der Waals surface area contributed by atoms with Crippen LogP contribution in [0.25, 0.3) is 0 Å². The van der Waals surface area contributed by atoms with Crippen LogP contribution in [0.5, 0.6) is 0 Å². The van der Waals surface area contributed by atoms with Gasteiger partial charge in [0.1, 0.15) is 6.10 Å². The van der Waals surface area contributed by atoms with Gasteiger partial charge in [-0.3, -0.25) is 14.9 Å².